The zero-order chi connectivity index (χ0) is 15.2. The SMILES string of the molecule is CN(C)C(=O)C1CCC(CN=C(N)NCC2CCCO2)O1. The summed E-state index contributed by atoms with van der Waals surface area (Å²) in [5.74, 6) is 0.433. The molecule has 0 bridgehead atoms. The summed E-state index contributed by atoms with van der Waals surface area (Å²) in [5, 5.41) is 3.07. The summed E-state index contributed by atoms with van der Waals surface area (Å²) in [7, 11) is 3.48. The van der Waals surface area contributed by atoms with E-state index in [1.165, 1.54) is 0 Å². The molecule has 0 aromatic rings. The predicted octanol–water partition coefficient (Wildman–Crippen LogP) is -0.294. The Bertz CT molecular complexity index is 380. The number of aliphatic imine (C=N–C) groups is 1. The predicted molar refractivity (Wildman–Crippen MR) is 80.1 cm³/mol. The molecule has 2 heterocycles. The minimum absolute atomic E-state index is 0.0194. The van der Waals surface area contributed by atoms with Gasteiger partial charge in [0, 0.05) is 27.2 Å². The first kappa shape index (κ1) is 16.0. The molecule has 0 aliphatic carbocycles. The fourth-order valence-electron chi connectivity index (χ4n) is 2.59. The number of guanidine groups is 1. The summed E-state index contributed by atoms with van der Waals surface area (Å²) in [6, 6.07) is 0. The van der Waals surface area contributed by atoms with E-state index in [0.717, 1.165) is 32.3 Å². The van der Waals surface area contributed by atoms with E-state index in [9.17, 15) is 4.79 Å². The maximum Gasteiger partial charge on any atom is 0.251 e. The van der Waals surface area contributed by atoms with Crippen LogP contribution in [0, 0.1) is 0 Å². The van der Waals surface area contributed by atoms with Gasteiger partial charge < -0.3 is 25.4 Å². The van der Waals surface area contributed by atoms with Crippen molar-refractivity contribution in [1.29, 1.82) is 0 Å². The van der Waals surface area contributed by atoms with E-state index >= 15 is 0 Å². The number of hydrogen-bond donors (Lipinski definition) is 2. The zero-order valence-corrected chi connectivity index (χ0v) is 12.9. The first-order valence-electron chi connectivity index (χ1n) is 7.58. The Balaban J connectivity index is 1.67. The lowest BCUT2D eigenvalue weighted by Crippen LogP contribution is -2.38. The molecule has 0 aromatic carbocycles. The number of likely N-dealkylation sites (N-methyl/N-ethyl adjacent to an activating group) is 1. The quantitative estimate of drug-likeness (QED) is 0.537. The molecule has 2 fully saturated rings. The van der Waals surface area contributed by atoms with E-state index in [2.05, 4.69) is 10.3 Å². The van der Waals surface area contributed by atoms with E-state index in [1.807, 2.05) is 0 Å². The maximum atomic E-state index is 11.8. The van der Waals surface area contributed by atoms with Crippen LogP contribution in [0.3, 0.4) is 0 Å². The van der Waals surface area contributed by atoms with Crippen molar-refractivity contribution in [3.63, 3.8) is 0 Å². The Morgan fingerprint density at radius 2 is 2.14 bits per heavy atom. The summed E-state index contributed by atoms with van der Waals surface area (Å²) in [5.41, 5.74) is 5.83. The van der Waals surface area contributed by atoms with Gasteiger partial charge in [-0.15, -0.1) is 0 Å². The number of hydrogen-bond acceptors (Lipinski definition) is 4. The highest BCUT2D eigenvalue weighted by Crippen LogP contribution is 2.21. The molecule has 0 radical (unpaired) electrons. The maximum absolute atomic E-state index is 11.8. The monoisotopic (exact) mass is 298 g/mol. The Morgan fingerprint density at radius 3 is 2.81 bits per heavy atom. The summed E-state index contributed by atoms with van der Waals surface area (Å²) >= 11 is 0. The number of amides is 1. The average molecular weight is 298 g/mol. The van der Waals surface area contributed by atoms with Crippen molar-refractivity contribution in [2.24, 2.45) is 10.7 Å². The minimum Gasteiger partial charge on any atom is -0.376 e. The average Bonchev–Trinajstić information content (AvgIpc) is 3.13. The van der Waals surface area contributed by atoms with E-state index in [4.69, 9.17) is 15.2 Å². The molecule has 3 atom stereocenters. The number of nitrogens with one attached hydrogen (secondary N) is 1. The van der Waals surface area contributed by atoms with Crippen molar-refractivity contribution in [2.75, 3.05) is 33.8 Å². The first-order valence-corrected chi connectivity index (χ1v) is 7.58. The second-order valence-corrected chi connectivity index (χ2v) is 5.80. The van der Waals surface area contributed by atoms with Gasteiger partial charge in [-0.3, -0.25) is 9.79 Å². The van der Waals surface area contributed by atoms with Crippen molar-refractivity contribution >= 4 is 11.9 Å². The number of carbonyl (C=O) groups is 1. The molecule has 2 aliphatic heterocycles. The molecular formula is C14H26N4O3. The smallest absolute Gasteiger partial charge is 0.251 e. The number of nitrogens with zero attached hydrogens (tertiary/aromatic N) is 2. The van der Waals surface area contributed by atoms with Crippen LogP contribution in [0.4, 0.5) is 0 Å². The van der Waals surface area contributed by atoms with Gasteiger partial charge in [-0.05, 0) is 25.7 Å². The van der Waals surface area contributed by atoms with Gasteiger partial charge in [0.1, 0.15) is 6.10 Å². The second-order valence-electron chi connectivity index (χ2n) is 5.80. The molecule has 3 N–H and O–H groups in total. The Hall–Kier alpha value is -1.34. The molecular weight excluding hydrogens is 272 g/mol. The molecule has 1 amide bonds. The Labute approximate surface area is 125 Å². The van der Waals surface area contributed by atoms with Crippen LogP contribution in [0.25, 0.3) is 0 Å². The van der Waals surface area contributed by atoms with E-state index in [-0.39, 0.29) is 24.2 Å². The van der Waals surface area contributed by atoms with Crippen LogP contribution < -0.4 is 11.1 Å². The Morgan fingerprint density at radius 1 is 1.33 bits per heavy atom. The van der Waals surface area contributed by atoms with Gasteiger partial charge in [-0.1, -0.05) is 0 Å². The van der Waals surface area contributed by atoms with Gasteiger partial charge in [0.05, 0.1) is 18.8 Å². The molecule has 2 aliphatic rings. The molecule has 3 unspecified atom stereocenters. The third-order valence-electron chi connectivity index (χ3n) is 3.82. The highest BCUT2D eigenvalue weighted by atomic mass is 16.5. The van der Waals surface area contributed by atoms with Crippen LogP contribution in [-0.2, 0) is 14.3 Å². The molecule has 2 saturated heterocycles. The van der Waals surface area contributed by atoms with Crippen molar-refractivity contribution in [1.82, 2.24) is 10.2 Å². The van der Waals surface area contributed by atoms with Gasteiger partial charge in [0.15, 0.2) is 5.96 Å². The van der Waals surface area contributed by atoms with Crippen LogP contribution in [0.15, 0.2) is 4.99 Å². The van der Waals surface area contributed by atoms with Crippen molar-refractivity contribution in [3.8, 4) is 0 Å². The second kappa shape index (κ2) is 7.61. The van der Waals surface area contributed by atoms with E-state index < -0.39 is 0 Å². The third-order valence-corrected chi connectivity index (χ3v) is 3.82. The highest BCUT2D eigenvalue weighted by Gasteiger charge is 2.31. The van der Waals surface area contributed by atoms with E-state index in [0.29, 0.717) is 19.0 Å². The van der Waals surface area contributed by atoms with Gasteiger partial charge in [-0.2, -0.15) is 0 Å². The summed E-state index contributed by atoms with van der Waals surface area (Å²) in [6.07, 6.45) is 3.65. The fourth-order valence-corrected chi connectivity index (χ4v) is 2.59. The fraction of sp³-hybridized carbons (Fsp3) is 0.857. The topological polar surface area (TPSA) is 89.2 Å². The standard InChI is InChI=1S/C14H26N4O3/c1-18(2)13(19)12-6-5-11(21-12)9-17-14(15)16-8-10-4-3-7-20-10/h10-12H,3-9H2,1-2H3,(H3,15,16,17). The number of nitrogens with two attached hydrogens (primary N) is 1. The molecule has 7 heteroatoms. The molecule has 0 spiro atoms. The lowest BCUT2D eigenvalue weighted by Gasteiger charge is -2.16. The van der Waals surface area contributed by atoms with Crippen molar-refractivity contribution < 1.29 is 14.3 Å². The van der Waals surface area contributed by atoms with Crippen LogP contribution in [0.5, 0.6) is 0 Å². The summed E-state index contributed by atoms with van der Waals surface area (Å²) in [6.45, 7) is 2.02. The summed E-state index contributed by atoms with van der Waals surface area (Å²) in [4.78, 5) is 17.6. The lowest BCUT2D eigenvalue weighted by molar-refractivity contribution is -0.140. The molecule has 120 valence electrons. The van der Waals surface area contributed by atoms with Crippen molar-refractivity contribution in [2.45, 2.75) is 44.0 Å². The van der Waals surface area contributed by atoms with Crippen LogP contribution >= 0.6 is 0 Å². The Kier molecular flexibility index (Phi) is 5.81. The van der Waals surface area contributed by atoms with Gasteiger partial charge in [0.2, 0.25) is 0 Å². The third kappa shape index (κ3) is 4.86. The van der Waals surface area contributed by atoms with Gasteiger partial charge in [-0.25, -0.2) is 0 Å². The number of ether oxygens (including phenoxy) is 2. The van der Waals surface area contributed by atoms with Crippen LogP contribution in [0.1, 0.15) is 25.7 Å². The molecule has 0 aromatic heterocycles. The molecule has 0 saturated carbocycles. The van der Waals surface area contributed by atoms with Crippen LogP contribution in [-0.4, -0.2) is 68.9 Å². The normalized spacial score (nSPS) is 29.6. The summed E-state index contributed by atoms with van der Waals surface area (Å²) < 4.78 is 11.2. The van der Waals surface area contributed by atoms with Gasteiger partial charge >= 0.3 is 0 Å². The van der Waals surface area contributed by atoms with Gasteiger partial charge in [0.25, 0.3) is 5.91 Å². The molecule has 2 rings (SSSR count). The largest absolute Gasteiger partial charge is 0.376 e. The first-order chi connectivity index (χ1) is 10.1. The highest BCUT2D eigenvalue weighted by molar-refractivity contribution is 5.80. The number of carbonyl (C=O) groups excluding carboxylic acids is 1. The van der Waals surface area contributed by atoms with Crippen molar-refractivity contribution in [3.05, 3.63) is 0 Å². The van der Waals surface area contributed by atoms with Crippen LogP contribution in [0.2, 0.25) is 0 Å². The molecule has 21 heavy (non-hydrogen) atoms. The lowest BCUT2D eigenvalue weighted by atomic mass is 10.2. The molecule has 7 nitrogen and oxygen atoms in total. The minimum atomic E-state index is -0.332. The zero-order valence-electron chi connectivity index (χ0n) is 12.9. The number of rotatable bonds is 5. The van der Waals surface area contributed by atoms with E-state index in [1.54, 1.807) is 19.0 Å².